The third kappa shape index (κ3) is 8.42. The molecule has 3 rings (SSSR count). The summed E-state index contributed by atoms with van der Waals surface area (Å²) in [5.74, 6) is 2.12. The number of hydrogen-bond acceptors (Lipinski definition) is 6. The monoisotopic (exact) mass is 517 g/mol. The first-order valence-corrected chi connectivity index (χ1v) is 13.9. The molecule has 37 heavy (non-hydrogen) atoms. The Bertz CT molecular complexity index is 885. The molecule has 0 radical (unpaired) electrons. The van der Waals surface area contributed by atoms with Crippen molar-refractivity contribution in [2.45, 2.75) is 52.4 Å². The first-order valence-electron chi connectivity index (χ1n) is 13.9. The Morgan fingerprint density at radius 3 is 2.59 bits per heavy atom. The van der Waals surface area contributed by atoms with Crippen molar-refractivity contribution in [3.63, 3.8) is 0 Å². The third-order valence-electron chi connectivity index (χ3n) is 7.70. The van der Waals surface area contributed by atoms with Gasteiger partial charge in [0, 0.05) is 84.1 Å². The number of carbonyl (C=O) groups is 2. The van der Waals surface area contributed by atoms with Crippen LogP contribution in [0, 0.1) is 24.7 Å². The molecule has 2 heterocycles. The molecule has 2 fully saturated rings. The Hall–Kier alpha value is -2.16. The van der Waals surface area contributed by atoms with E-state index in [1.54, 1.807) is 7.11 Å². The van der Waals surface area contributed by atoms with E-state index in [2.05, 4.69) is 24.5 Å². The van der Waals surface area contributed by atoms with Crippen LogP contribution in [0.4, 0.5) is 0 Å². The highest BCUT2D eigenvalue weighted by atomic mass is 16.5. The SMILES string of the molecule is COCCCOc1c(C)ccc(C(=O)NC[C@@H]2CNC[C@H]2CN(C)C(=O)CC2CCOCC2)c1C(C)C. The summed E-state index contributed by atoms with van der Waals surface area (Å²) in [4.78, 5) is 28.0. The zero-order chi connectivity index (χ0) is 26.8. The summed E-state index contributed by atoms with van der Waals surface area (Å²) in [6, 6.07) is 3.88. The molecule has 2 aliphatic rings. The number of hydrogen-bond donors (Lipinski definition) is 2. The van der Waals surface area contributed by atoms with Gasteiger partial charge in [-0.3, -0.25) is 9.59 Å². The molecule has 2 aliphatic heterocycles. The van der Waals surface area contributed by atoms with E-state index in [4.69, 9.17) is 14.2 Å². The van der Waals surface area contributed by atoms with Crippen LogP contribution >= 0.6 is 0 Å². The number of rotatable bonds is 13. The summed E-state index contributed by atoms with van der Waals surface area (Å²) in [7, 11) is 3.59. The largest absolute Gasteiger partial charge is 0.493 e. The zero-order valence-corrected chi connectivity index (χ0v) is 23.4. The second kappa shape index (κ2) is 14.7. The number of carbonyl (C=O) groups excluding carboxylic acids is 2. The Kier molecular flexibility index (Phi) is 11.7. The lowest BCUT2D eigenvalue weighted by Gasteiger charge is -2.28. The van der Waals surface area contributed by atoms with Gasteiger partial charge in [-0.15, -0.1) is 0 Å². The van der Waals surface area contributed by atoms with Crippen LogP contribution in [0.3, 0.4) is 0 Å². The average Bonchev–Trinajstić information content (AvgIpc) is 3.32. The van der Waals surface area contributed by atoms with Gasteiger partial charge < -0.3 is 29.7 Å². The number of nitrogens with zero attached hydrogens (tertiary/aromatic N) is 1. The molecule has 208 valence electrons. The highest BCUT2D eigenvalue weighted by molar-refractivity contribution is 5.96. The smallest absolute Gasteiger partial charge is 0.251 e. The standard InChI is InChI=1S/C29H47N3O5/c1-20(2)27-25(8-7-21(3)28(27)37-12-6-11-35-5)29(34)31-18-23-16-30-17-24(23)19-32(4)26(33)15-22-9-13-36-14-10-22/h7-8,20,22-24,30H,6,9-19H2,1-5H3,(H,31,34)/t23-,24-/m0/s1. The van der Waals surface area contributed by atoms with Gasteiger partial charge in [-0.1, -0.05) is 19.9 Å². The molecular formula is C29H47N3O5. The first kappa shape index (κ1) is 29.4. The number of aryl methyl sites for hydroxylation is 1. The van der Waals surface area contributed by atoms with E-state index in [1.807, 2.05) is 31.0 Å². The van der Waals surface area contributed by atoms with Gasteiger partial charge in [0.15, 0.2) is 0 Å². The lowest BCUT2D eigenvalue weighted by Crippen LogP contribution is -2.39. The van der Waals surface area contributed by atoms with Crippen LogP contribution in [0.1, 0.15) is 66.9 Å². The van der Waals surface area contributed by atoms with Crippen LogP contribution in [0.25, 0.3) is 0 Å². The minimum atomic E-state index is -0.0694. The van der Waals surface area contributed by atoms with Gasteiger partial charge in [0.2, 0.25) is 5.91 Å². The van der Waals surface area contributed by atoms with Crippen LogP contribution < -0.4 is 15.4 Å². The lowest BCUT2D eigenvalue weighted by atomic mass is 9.92. The first-order chi connectivity index (χ1) is 17.8. The predicted octanol–water partition coefficient (Wildman–Crippen LogP) is 3.37. The summed E-state index contributed by atoms with van der Waals surface area (Å²) in [5.41, 5.74) is 2.66. The topological polar surface area (TPSA) is 89.1 Å². The Morgan fingerprint density at radius 1 is 1.16 bits per heavy atom. The van der Waals surface area contributed by atoms with Crippen molar-refractivity contribution in [1.82, 2.24) is 15.5 Å². The molecule has 0 spiro atoms. The van der Waals surface area contributed by atoms with Crippen molar-refractivity contribution in [2.24, 2.45) is 17.8 Å². The molecule has 2 amide bonds. The molecule has 1 aromatic carbocycles. The molecule has 0 bridgehead atoms. The van der Waals surface area contributed by atoms with Crippen molar-refractivity contribution in [3.8, 4) is 5.75 Å². The van der Waals surface area contributed by atoms with Crippen LogP contribution in [0.15, 0.2) is 12.1 Å². The predicted molar refractivity (Wildman–Crippen MR) is 145 cm³/mol. The van der Waals surface area contributed by atoms with Crippen LogP contribution in [-0.4, -0.2) is 83.5 Å². The Balaban J connectivity index is 1.58. The fourth-order valence-corrected chi connectivity index (χ4v) is 5.41. The minimum Gasteiger partial charge on any atom is -0.493 e. The number of amides is 2. The van der Waals surface area contributed by atoms with E-state index in [9.17, 15) is 9.59 Å². The molecule has 0 unspecified atom stereocenters. The van der Waals surface area contributed by atoms with Crippen molar-refractivity contribution >= 4 is 11.8 Å². The van der Waals surface area contributed by atoms with E-state index in [0.717, 1.165) is 62.4 Å². The number of nitrogens with one attached hydrogen (secondary N) is 2. The van der Waals surface area contributed by atoms with Gasteiger partial charge in [-0.2, -0.15) is 0 Å². The molecule has 8 nitrogen and oxygen atoms in total. The molecule has 2 saturated heterocycles. The maximum absolute atomic E-state index is 13.3. The summed E-state index contributed by atoms with van der Waals surface area (Å²) in [5, 5.41) is 6.64. The molecule has 8 heteroatoms. The highest BCUT2D eigenvalue weighted by Gasteiger charge is 2.31. The summed E-state index contributed by atoms with van der Waals surface area (Å²) in [6.45, 7) is 11.9. The van der Waals surface area contributed by atoms with Crippen molar-refractivity contribution in [3.05, 3.63) is 28.8 Å². The molecule has 0 aromatic heterocycles. The molecule has 2 N–H and O–H groups in total. The van der Waals surface area contributed by atoms with Crippen molar-refractivity contribution in [2.75, 3.05) is 66.8 Å². The molecular weight excluding hydrogens is 470 g/mol. The normalized spacial score (nSPS) is 20.3. The second-order valence-corrected chi connectivity index (χ2v) is 10.9. The van der Waals surface area contributed by atoms with Crippen LogP contribution in [0.5, 0.6) is 5.75 Å². The fourth-order valence-electron chi connectivity index (χ4n) is 5.41. The molecule has 1 aromatic rings. The molecule has 0 saturated carbocycles. The lowest BCUT2D eigenvalue weighted by molar-refractivity contribution is -0.132. The van der Waals surface area contributed by atoms with Gasteiger partial charge in [0.25, 0.3) is 5.91 Å². The Labute approximate surface area is 222 Å². The van der Waals surface area contributed by atoms with Crippen molar-refractivity contribution < 1.29 is 23.8 Å². The zero-order valence-electron chi connectivity index (χ0n) is 23.4. The van der Waals surface area contributed by atoms with E-state index in [0.29, 0.717) is 50.1 Å². The Morgan fingerprint density at radius 2 is 1.89 bits per heavy atom. The van der Waals surface area contributed by atoms with E-state index in [1.165, 1.54) is 0 Å². The number of benzene rings is 1. The minimum absolute atomic E-state index is 0.0694. The molecule has 2 atom stereocenters. The second-order valence-electron chi connectivity index (χ2n) is 10.9. The molecule has 0 aliphatic carbocycles. The van der Waals surface area contributed by atoms with Crippen LogP contribution in [-0.2, 0) is 14.3 Å². The van der Waals surface area contributed by atoms with E-state index in [-0.39, 0.29) is 23.7 Å². The van der Waals surface area contributed by atoms with Crippen LogP contribution in [0.2, 0.25) is 0 Å². The number of ether oxygens (including phenoxy) is 3. The van der Waals surface area contributed by atoms with Gasteiger partial charge >= 0.3 is 0 Å². The highest BCUT2D eigenvalue weighted by Crippen LogP contribution is 2.33. The van der Waals surface area contributed by atoms with E-state index >= 15 is 0 Å². The van der Waals surface area contributed by atoms with Gasteiger partial charge in [-0.05, 0) is 55.1 Å². The summed E-state index contributed by atoms with van der Waals surface area (Å²) >= 11 is 0. The summed E-state index contributed by atoms with van der Waals surface area (Å²) in [6.07, 6.45) is 3.34. The average molecular weight is 518 g/mol. The van der Waals surface area contributed by atoms with E-state index < -0.39 is 0 Å². The fraction of sp³-hybridized carbons (Fsp3) is 0.724. The van der Waals surface area contributed by atoms with Gasteiger partial charge in [0.1, 0.15) is 5.75 Å². The maximum Gasteiger partial charge on any atom is 0.251 e. The van der Waals surface area contributed by atoms with Crippen molar-refractivity contribution in [1.29, 1.82) is 0 Å². The number of methoxy groups -OCH3 is 1. The maximum atomic E-state index is 13.3. The quantitative estimate of drug-likeness (QED) is 0.390. The van der Waals surface area contributed by atoms with Gasteiger partial charge in [0.05, 0.1) is 6.61 Å². The van der Waals surface area contributed by atoms with Gasteiger partial charge in [-0.25, -0.2) is 0 Å². The summed E-state index contributed by atoms with van der Waals surface area (Å²) < 4.78 is 16.7. The third-order valence-corrected chi connectivity index (χ3v) is 7.70.